The number of fused-ring (bicyclic) bond motifs is 1. The Labute approximate surface area is 71.5 Å². The fourth-order valence-corrected chi connectivity index (χ4v) is 1.80. The van der Waals surface area contributed by atoms with Crippen LogP contribution in [0.25, 0.3) is 5.57 Å². The molecule has 2 rings (SSSR count). The van der Waals surface area contributed by atoms with E-state index in [1.165, 1.54) is 16.7 Å². The average molecular weight is 165 g/mol. The van der Waals surface area contributed by atoms with Gasteiger partial charge in [-0.25, -0.2) is 0 Å². The Morgan fingerprint density at radius 2 is 2.00 bits per heavy atom. The van der Waals surface area contributed by atoms with Gasteiger partial charge in [-0.1, -0.05) is 35.9 Å². The molecule has 0 saturated heterocycles. The number of allylic oxidation sites excluding steroid dienone is 1. The summed E-state index contributed by atoms with van der Waals surface area (Å²) in [5.41, 5.74) is 5.75. The lowest BCUT2D eigenvalue weighted by Gasteiger charge is -1.96. The molecule has 0 aromatic heterocycles. The normalized spacial score (nSPS) is 18.8. The number of aryl methyl sites for hydroxylation is 1. The van der Waals surface area contributed by atoms with Gasteiger partial charge in [-0.3, -0.25) is 0 Å². The maximum atomic E-state index is 5.67. The van der Waals surface area contributed by atoms with E-state index < -0.39 is 0 Å². The summed E-state index contributed by atoms with van der Waals surface area (Å²) in [6.45, 7) is 0. The van der Waals surface area contributed by atoms with Gasteiger partial charge >= 0.3 is 0 Å². The molecular weight excluding hydrogens is 156 g/mol. The van der Waals surface area contributed by atoms with Crippen LogP contribution in [-0.4, -0.2) is 0 Å². The predicted octanol–water partition coefficient (Wildman–Crippen LogP) is 3.21. The van der Waals surface area contributed by atoms with Crippen molar-refractivity contribution in [2.45, 2.75) is 12.8 Å². The highest BCUT2D eigenvalue weighted by atomic mass is 35.5. The number of hydrogen-bond donors (Lipinski definition) is 0. The van der Waals surface area contributed by atoms with Crippen LogP contribution in [-0.2, 0) is 6.42 Å². The molecule has 1 aromatic carbocycles. The molecule has 0 bridgehead atoms. The molecule has 0 amide bonds. The Hall–Kier alpha value is -0.750. The van der Waals surface area contributed by atoms with Gasteiger partial charge in [-0.15, -0.1) is 0 Å². The lowest BCUT2D eigenvalue weighted by atomic mass is 10.1. The van der Waals surface area contributed by atoms with Crippen LogP contribution >= 0.6 is 11.6 Å². The molecule has 11 heavy (non-hydrogen) atoms. The lowest BCUT2D eigenvalue weighted by molar-refractivity contribution is 1.08. The summed E-state index contributed by atoms with van der Waals surface area (Å²) in [7, 11) is 0. The highest BCUT2D eigenvalue weighted by Crippen LogP contribution is 2.31. The monoisotopic (exact) mass is 164 g/mol. The van der Waals surface area contributed by atoms with E-state index in [1.54, 1.807) is 5.54 Å². The van der Waals surface area contributed by atoms with E-state index in [-0.39, 0.29) is 0 Å². The van der Waals surface area contributed by atoms with E-state index in [0.717, 1.165) is 12.8 Å². The number of benzene rings is 1. The number of halogens is 1. The third-order valence-corrected chi connectivity index (χ3v) is 2.42. The first-order valence-corrected chi connectivity index (χ1v) is 4.23. The largest absolute Gasteiger partial charge is 0.0926 e. The molecule has 0 nitrogen and oxygen atoms in total. The topological polar surface area (TPSA) is 0 Å². The first-order chi connectivity index (χ1) is 5.42. The quantitative estimate of drug-likeness (QED) is 0.553. The molecule has 1 aliphatic carbocycles. The molecule has 0 fully saturated rings. The Kier molecular flexibility index (Phi) is 1.71. The van der Waals surface area contributed by atoms with Crippen LogP contribution in [0.1, 0.15) is 17.5 Å². The zero-order chi connectivity index (χ0) is 7.68. The smallest absolute Gasteiger partial charge is 0.00807 e. The molecule has 0 aliphatic heterocycles. The molecule has 0 unspecified atom stereocenters. The van der Waals surface area contributed by atoms with Crippen LogP contribution in [0.3, 0.4) is 0 Å². The van der Waals surface area contributed by atoms with Crippen LogP contribution in [0.4, 0.5) is 0 Å². The summed E-state index contributed by atoms with van der Waals surface area (Å²) in [5.74, 6) is 0. The summed E-state index contributed by atoms with van der Waals surface area (Å²) in [4.78, 5) is 0. The van der Waals surface area contributed by atoms with Gasteiger partial charge in [-0.2, -0.15) is 0 Å². The molecule has 0 N–H and O–H groups in total. The third-order valence-electron chi connectivity index (χ3n) is 2.16. The van der Waals surface area contributed by atoms with Crippen molar-refractivity contribution in [1.82, 2.24) is 0 Å². The fourth-order valence-electron chi connectivity index (χ4n) is 1.57. The molecule has 1 aromatic rings. The van der Waals surface area contributed by atoms with E-state index in [9.17, 15) is 0 Å². The van der Waals surface area contributed by atoms with Gasteiger partial charge in [0.25, 0.3) is 0 Å². The van der Waals surface area contributed by atoms with Gasteiger partial charge in [0, 0.05) is 5.54 Å². The van der Waals surface area contributed by atoms with E-state index >= 15 is 0 Å². The van der Waals surface area contributed by atoms with Crippen molar-refractivity contribution in [2.24, 2.45) is 0 Å². The van der Waals surface area contributed by atoms with Gasteiger partial charge in [0.15, 0.2) is 0 Å². The second-order valence-electron chi connectivity index (χ2n) is 2.79. The molecule has 56 valence electrons. The lowest BCUT2D eigenvalue weighted by Crippen LogP contribution is -1.77. The number of rotatable bonds is 0. The van der Waals surface area contributed by atoms with Crippen molar-refractivity contribution >= 4 is 17.2 Å². The zero-order valence-electron chi connectivity index (χ0n) is 6.18. The zero-order valence-corrected chi connectivity index (χ0v) is 6.93. The minimum Gasteiger partial charge on any atom is -0.0926 e. The van der Waals surface area contributed by atoms with Crippen molar-refractivity contribution in [3.8, 4) is 0 Å². The summed E-state index contributed by atoms with van der Waals surface area (Å²) in [5, 5.41) is 0. The van der Waals surface area contributed by atoms with Crippen molar-refractivity contribution < 1.29 is 0 Å². The molecule has 0 spiro atoms. The minimum absolute atomic E-state index is 1.10. The molecule has 0 radical (unpaired) electrons. The van der Waals surface area contributed by atoms with Crippen LogP contribution in [0.5, 0.6) is 0 Å². The second-order valence-corrected chi connectivity index (χ2v) is 3.01. The predicted molar refractivity (Wildman–Crippen MR) is 48.6 cm³/mol. The molecule has 0 saturated carbocycles. The van der Waals surface area contributed by atoms with Gasteiger partial charge in [0.1, 0.15) is 0 Å². The molecule has 1 aliphatic rings. The average Bonchev–Trinajstić information content (AvgIpc) is 2.47. The second kappa shape index (κ2) is 2.71. The first kappa shape index (κ1) is 6.93. The highest BCUT2D eigenvalue weighted by molar-refractivity contribution is 6.28. The van der Waals surface area contributed by atoms with Gasteiger partial charge in [0.2, 0.25) is 0 Å². The summed E-state index contributed by atoms with van der Waals surface area (Å²) in [6.07, 6.45) is 2.25. The molecule has 0 atom stereocenters. The Morgan fingerprint density at radius 3 is 2.82 bits per heavy atom. The van der Waals surface area contributed by atoms with Crippen molar-refractivity contribution in [3.05, 3.63) is 40.9 Å². The summed E-state index contributed by atoms with van der Waals surface area (Å²) in [6, 6.07) is 8.44. The Morgan fingerprint density at radius 1 is 1.18 bits per heavy atom. The highest BCUT2D eigenvalue weighted by Gasteiger charge is 2.13. The van der Waals surface area contributed by atoms with Crippen molar-refractivity contribution in [2.75, 3.05) is 0 Å². The van der Waals surface area contributed by atoms with Crippen LogP contribution in [0, 0.1) is 0 Å². The SMILES string of the molecule is Cl/C=C1/CCc2ccccc21. The van der Waals surface area contributed by atoms with E-state index in [2.05, 4.69) is 24.3 Å². The van der Waals surface area contributed by atoms with Crippen LogP contribution in [0.2, 0.25) is 0 Å². The van der Waals surface area contributed by atoms with Crippen LogP contribution in [0.15, 0.2) is 29.8 Å². The minimum atomic E-state index is 1.10. The van der Waals surface area contributed by atoms with E-state index in [0.29, 0.717) is 0 Å². The first-order valence-electron chi connectivity index (χ1n) is 3.79. The third kappa shape index (κ3) is 1.08. The van der Waals surface area contributed by atoms with Crippen molar-refractivity contribution in [3.63, 3.8) is 0 Å². The van der Waals surface area contributed by atoms with Gasteiger partial charge < -0.3 is 0 Å². The van der Waals surface area contributed by atoms with Crippen molar-refractivity contribution in [1.29, 1.82) is 0 Å². The fraction of sp³-hybridized carbons (Fsp3) is 0.200. The van der Waals surface area contributed by atoms with Crippen LogP contribution < -0.4 is 0 Å². The number of hydrogen-bond acceptors (Lipinski definition) is 0. The standard InChI is InChI=1S/C10H9Cl/c11-7-9-6-5-8-3-1-2-4-10(8)9/h1-4,7H,5-6H2/b9-7-. The van der Waals surface area contributed by atoms with Gasteiger partial charge in [-0.05, 0) is 29.5 Å². The summed E-state index contributed by atoms with van der Waals surface area (Å²) < 4.78 is 0. The maximum Gasteiger partial charge on any atom is 0.00807 e. The Bertz CT molecular complexity index is 299. The molecular formula is C10H9Cl. The molecule has 0 heterocycles. The van der Waals surface area contributed by atoms with Gasteiger partial charge in [0.05, 0.1) is 0 Å². The molecule has 1 heteroatoms. The van der Waals surface area contributed by atoms with E-state index in [4.69, 9.17) is 11.6 Å². The summed E-state index contributed by atoms with van der Waals surface area (Å²) >= 11 is 5.67. The Balaban J connectivity index is 2.55. The van der Waals surface area contributed by atoms with E-state index in [1.807, 2.05) is 0 Å². The maximum absolute atomic E-state index is 5.67.